The number of aromatic nitrogens is 2. The maximum atomic E-state index is 14.3. The average molecular weight is 606 g/mol. The van der Waals surface area contributed by atoms with E-state index >= 15 is 0 Å². The number of para-hydroxylation sites is 1. The van der Waals surface area contributed by atoms with Gasteiger partial charge in [0.05, 0.1) is 25.2 Å². The molecule has 6 rings (SSSR count). The number of nitrogens with one attached hydrogen (secondary N) is 1. The minimum Gasteiger partial charge on any atom is -0.496 e. The molecular weight excluding hydrogens is 564 g/mol. The molecule has 3 fully saturated rings. The molecule has 0 radical (unpaired) electrons. The smallest absolute Gasteiger partial charge is 0.320 e. The fourth-order valence-corrected chi connectivity index (χ4v) is 7.78. The van der Waals surface area contributed by atoms with Crippen LogP contribution in [0.5, 0.6) is 5.75 Å². The van der Waals surface area contributed by atoms with Gasteiger partial charge in [0.15, 0.2) is 11.6 Å². The molecule has 44 heavy (non-hydrogen) atoms. The van der Waals surface area contributed by atoms with E-state index in [9.17, 15) is 18.4 Å². The lowest BCUT2D eigenvalue weighted by Gasteiger charge is -2.49. The Morgan fingerprint density at radius 1 is 1.07 bits per heavy atom. The van der Waals surface area contributed by atoms with E-state index in [0.29, 0.717) is 49.6 Å². The normalized spacial score (nSPS) is 23.2. The Morgan fingerprint density at radius 2 is 1.86 bits per heavy atom. The number of likely N-dealkylation sites (tertiary alicyclic amines) is 2. The zero-order valence-corrected chi connectivity index (χ0v) is 25.5. The summed E-state index contributed by atoms with van der Waals surface area (Å²) in [5.41, 5.74) is 1.80. The van der Waals surface area contributed by atoms with Crippen LogP contribution in [0.25, 0.3) is 11.3 Å². The number of ether oxygens (including phenoxy) is 1. The highest BCUT2D eigenvalue weighted by atomic mass is 19.2. The lowest BCUT2D eigenvalue weighted by atomic mass is 9.69. The molecule has 0 bridgehead atoms. The van der Waals surface area contributed by atoms with Crippen LogP contribution in [0.4, 0.5) is 13.6 Å². The van der Waals surface area contributed by atoms with Crippen molar-refractivity contribution in [2.24, 2.45) is 11.3 Å². The number of piperidine rings is 2. The fraction of sp³-hybridized carbons (Fsp3) is 0.500. The highest BCUT2D eigenvalue weighted by Crippen LogP contribution is 2.49. The first-order valence-corrected chi connectivity index (χ1v) is 15.7. The van der Waals surface area contributed by atoms with Gasteiger partial charge in [0.1, 0.15) is 5.75 Å². The van der Waals surface area contributed by atoms with Crippen molar-refractivity contribution >= 4 is 6.03 Å². The van der Waals surface area contributed by atoms with Gasteiger partial charge < -0.3 is 19.9 Å². The summed E-state index contributed by atoms with van der Waals surface area (Å²) in [5.74, 6) is -0.877. The fourth-order valence-electron chi connectivity index (χ4n) is 7.78. The average Bonchev–Trinajstić information content (AvgIpc) is 3.52. The van der Waals surface area contributed by atoms with Gasteiger partial charge in [0, 0.05) is 43.9 Å². The maximum absolute atomic E-state index is 14.3. The molecular formula is C34H41F2N5O3. The summed E-state index contributed by atoms with van der Waals surface area (Å²) in [6, 6.07) is 12.9. The quantitative estimate of drug-likeness (QED) is 0.395. The molecule has 234 valence electrons. The minimum atomic E-state index is -0.895. The number of hydrogen-bond donors (Lipinski definition) is 1. The highest BCUT2D eigenvalue weighted by Gasteiger charge is 2.47. The molecule has 3 atom stereocenters. The molecule has 10 heteroatoms. The topological polar surface area (TPSA) is 79.7 Å². The van der Waals surface area contributed by atoms with Crippen LogP contribution in [-0.2, 0) is 6.54 Å². The third kappa shape index (κ3) is 5.84. The van der Waals surface area contributed by atoms with Crippen LogP contribution in [0.1, 0.15) is 56.6 Å². The molecule has 0 unspecified atom stereocenters. The second-order valence-electron chi connectivity index (χ2n) is 12.6. The molecule has 2 aliphatic heterocycles. The van der Waals surface area contributed by atoms with Crippen molar-refractivity contribution in [1.29, 1.82) is 0 Å². The Kier molecular flexibility index (Phi) is 8.71. The largest absolute Gasteiger partial charge is 0.496 e. The lowest BCUT2D eigenvalue weighted by molar-refractivity contribution is 0.0208. The summed E-state index contributed by atoms with van der Waals surface area (Å²) in [5, 5.41) is 3.30. The van der Waals surface area contributed by atoms with E-state index in [4.69, 9.17) is 4.74 Å². The molecule has 1 aliphatic carbocycles. The van der Waals surface area contributed by atoms with Crippen LogP contribution in [0.3, 0.4) is 0 Å². The summed E-state index contributed by atoms with van der Waals surface area (Å²) < 4.78 is 35.2. The van der Waals surface area contributed by atoms with Crippen molar-refractivity contribution < 1.29 is 18.3 Å². The van der Waals surface area contributed by atoms with E-state index in [1.54, 1.807) is 30.1 Å². The molecule has 3 aromatic rings. The molecule has 3 heterocycles. The number of amides is 2. The van der Waals surface area contributed by atoms with Gasteiger partial charge in [-0.3, -0.25) is 9.36 Å². The number of urea groups is 1. The van der Waals surface area contributed by atoms with Gasteiger partial charge in [0.2, 0.25) is 0 Å². The van der Waals surface area contributed by atoms with Crippen molar-refractivity contribution in [2.45, 2.75) is 63.6 Å². The molecule has 1 N–H and O–H groups in total. The van der Waals surface area contributed by atoms with Crippen LogP contribution >= 0.6 is 0 Å². The zero-order chi connectivity index (χ0) is 30.8. The van der Waals surface area contributed by atoms with Gasteiger partial charge in [-0.05, 0) is 80.3 Å². The zero-order valence-electron chi connectivity index (χ0n) is 25.5. The molecule has 1 spiro atoms. The van der Waals surface area contributed by atoms with Crippen LogP contribution < -0.4 is 15.6 Å². The predicted octanol–water partition coefficient (Wildman–Crippen LogP) is 5.62. The molecule has 3 aliphatic rings. The highest BCUT2D eigenvalue weighted by molar-refractivity contribution is 5.75. The van der Waals surface area contributed by atoms with E-state index in [2.05, 4.69) is 10.3 Å². The van der Waals surface area contributed by atoms with Crippen molar-refractivity contribution in [3.05, 3.63) is 82.4 Å². The molecule has 2 aromatic carbocycles. The molecule has 2 saturated heterocycles. The SMILES string of the molecule is CN[C@@H]1CCN(C(=O)N2CC[C@@H](Cn3cnc(-c4ccccc4OC)cc3=O)C3(CCCC3)C2)[C@H](c2ccc(F)c(F)c2)C1. The number of carbonyl (C=O) groups excluding carboxylic acids is 1. The van der Waals surface area contributed by atoms with E-state index in [-0.39, 0.29) is 35.0 Å². The first kappa shape index (κ1) is 30.2. The summed E-state index contributed by atoms with van der Waals surface area (Å²) in [6.07, 6.45) is 8.08. The molecule has 1 aromatic heterocycles. The second kappa shape index (κ2) is 12.7. The Morgan fingerprint density at radius 3 is 2.59 bits per heavy atom. The Hall–Kier alpha value is -3.79. The lowest BCUT2D eigenvalue weighted by Crippen LogP contribution is -2.56. The van der Waals surface area contributed by atoms with E-state index in [0.717, 1.165) is 50.2 Å². The maximum Gasteiger partial charge on any atom is 0.320 e. The summed E-state index contributed by atoms with van der Waals surface area (Å²) >= 11 is 0. The molecule has 8 nitrogen and oxygen atoms in total. The number of rotatable bonds is 6. The van der Waals surface area contributed by atoms with Crippen molar-refractivity contribution in [3.8, 4) is 17.0 Å². The summed E-state index contributed by atoms with van der Waals surface area (Å²) in [7, 11) is 3.50. The Balaban J connectivity index is 1.20. The molecule has 1 saturated carbocycles. The molecule has 2 amide bonds. The number of nitrogens with zero attached hydrogens (tertiary/aromatic N) is 4. The van der Waals surface area contributed by atoms with Crippen LogP contribution in [-0.4, -0.2) is 65.2 Å². The van der Waals surface area contributed by atoms with E-state index < -0.39 is 11.6 Å². The summed E-state index contributed by atoms with van der Waals surface area (Å²) in [4.78, 5) is 35.9. The second-order valence-corrected chi connectivity index (χ2v) is 12.6. The van der Waals surface area contributed by atoms with Crippen molar-refractivity contribution in [2.75, 3.05) is 33.8 Å². The Labute approximate surface area is 257 Å². The van der Waals surface area contributed by atoms with Crippen LogP contribution in [0, 0.1) is 23.0 Å². The van der Waals surface area contributed by atoms with Gasteiger partial charge in [-0.25, -0.2) is 18.6 Å². The van der Waals surface area contributed by atoms with Gasteiger partial charge in [0.25, 0.3) is 5.56 Å². The van der Waals surface area contributed by atoms with Gasteiger partial charge >= 0.3 is 6.03 Å². The van der Waals surface area contributed by atoms with Gasteiger partial charge in [-0.1, -0.05) is 31.0 Å². The number of halogens is 2. The van der Waals surface area contributed by atoms with Crippen LogP contribution in [0.2, 0.25) is 0 Å². The van der Waals surface area contributed by atoms with Crippen molar-refractivity contribution in [1.82, 2.24) is 24.7 Å². The first-order chi connectivity index (χ1) is 21.3. The third-order valence-corrected chi connectivity index (χ3v) is 10.3. The summed E-state index contributed by atoms with van der Waals surface area (Å²) in [6.45, 7) is 2.32. The number of hydrogen-bond acceptors (Lipinski definition) is 5. The number of methoxy groups -OCH3 is 1. The van der Waals surface area contributed by atoms with E-state index in [1.807, 2.05) is 41.1 Å². The third-order valence-electron chi connectivity index (χ3n) is 10.3. The number of carbonyl (C=O) groups is 1. The van der Waals surface area contributed by atoms with Crippen molar-refractivity contribution in [3.63, 3.8) is 0 Å². The van der Waals surface area contributed by atoms with E-state index in [1.165, 1.54) is 6.07 Å². The predicted molar refractivity (Wildman–Crippen MR) is 164 cm³/mol. The first-order valence-electron chi connectivity index (χ1n) is 15.7. The standard InChI is InChI=1S/C34H41F2N5O3/c1-37-25-12-16-41(30(18-25)23-9-10-27(35)28(36)17-23)33(43)39-15-11-24(34(21-39)13-5-6-14-34)20-40-22-38-29(19-32(40)42)26-7-3-4-8-31(26)44-2/h3-4,7-10,17,19,22,24-25,30,37H,5-6,11-16,18,20-21H2,1-2H3/t24-,25+,30-/m0/s1. The Bertz CT molecular complexity index is 1560. The minimum absolute atomic E-state index is 0.0426. The van der Waals surface area contributed by atoms with Gasteiger partial charge in [-0.2, -0.15) is 0 Å². The van der Waals surface area contributed by atoms with Gasteiger partial charge in [-0.15, -0.1) is 0 Å². The van der Waals surface area contributed by atoms with Crippen LogP contribution in [0.15, 0.2) is 59.7 Å². The number of benzene rings is 2. The monoisotopic (exact) mass is 605 g/mol.